The van der Waals surface area contributed by atoms with E-state index < -0.39 is 5.91 Å². The van der Waals surface area contributed by atoms with Crippen LogP contribution in [-0.4, -0.2) is 18.9 Å². The fraction of sp³-hybridized carbons (Fsp3) is 0.125. The molecule has 2 aromatic rings. The smallest absolute Gasteiger partial charge is 0.259 e. The number of methoxy groups -OCH3 is 1. The highest BCUT2D eigenvalue weighted by atomic mass is 79.9. The molecule has 0 heterocycles. The van der Waals surface area contributed by atoms with Crippen molar-refractivity contribution in [2.24, 2.45) is 5.73 Å². The Morgan fingerprint density at radius 1 is 1.18 bits per heavy atom. The van der Waals surface area contributed by atoms with Crippen molar-refractivity contribution in [3.05, 3.63) is 57.6 Å². The van der Waals surface area contributed by atoms with Gasteiger partial charge in [0.1, 0.15) is 5.75 Å². The van der Waals surface area contributed by atoms with Crippen molar-refractivity contribution in [2.75, 3.05) is 12.4 Å². The van der Waals surface area contributed by atoms with E-state index in [9.17, 15) is 9.59 Å². The molecular weight excluding hydrogens is 348 g/mol. The minimum absolute atomic E-state index is 0.251. The zero-order valence-corrected chi connectivity index (χ0v) is 13.7. The molecule has 2 amide bonds. The van der Waals surface area contributed by atoms with Crippen molar-refractivity contribution in [1.29, 1.82) is 0 Å². The molecular formula is C16H15BrN2O3. The lowest BCUT2D eigenvalue weighted by atomic mass is 10.1. The summed E-state index contributed by atoms with van der Waals surface area (Å²) < 4.78 is 6.06. The van der Waals surface area contributed by atoms with Gasteiger partial charge < -0.3 is 15.8 Å². The summed E-state index contributed by atoms with van der Waals surface area (Å²) in [6.45, 7) is 1.84. The van der Waals surface area contributed by atoms with Gasteiger partial charge in [0.25, 0.3) is 11.8 Å². The van der Waals surface area contributed by atoms with E-state index in [0.717, 1.165) is 10.0 Å². The van der Waals surface area contributed by atoms with Crippen molar-refractivity contribution in [1.82, 2.24) is 0 Å². The summed E-state index contributed by atoms with van der Waals surface area (Å²) in [6, 6.07) is 10.1. The molecule has 5 nitrogen and oxygen atoms in total. The van der Waals surface area contributed by atoms with Crippen LogP contribution in [0.15, 0.2) is 40.9 Å². The topological polar surface area (TPSA) is 81.4 Å². The maximum Gasteiger partial charge on any atom is 0.259 e. The van der Waals surface area contributed by atoms with Crippen molar-refractivity contribution in [3.63, 3.8) is 0 Å². The zero-order chi connectivity index (χ0) is 16.3. The van der Waals surface area contributed by atoms with Gasteiger partial charge in [-0.15, -0.1) is 0 Å². The Balaban J connectivity index is 2.41. The number of amides is 2. The first kappa shape index (κ1) is 16.0. The van der Waals surface area contributed by atoms with Gasteiger partial charge in [0, 0.05) is 4.47 Å². The Hall–Kier alpha value is -2.34. The van der Waals surface area contributed by atoms with Crippen LogP contribution in [-0.2, 0) is 0 Å². The van der Waals surface area contributed by atoms with E-state index in [4.69, 9.17) is 10.5 Å². The normalized spacial score (nSPS) is 10.1. The van der Waals surface area contributed by atoms with Gasteiger partial charge in [-0.25, -0.2) is 0 Å². The lowest BCUT2D eigenvalue weighted by Crippen LogP contribution is -2.19. The molecule has 6 heteroatoms. The quantitative estimate of drug-likeness (QED) is 0.876. The second-order valence-electron chi connectivity index (χ2n) is 4.67. The van der Waals surface area contributed by atoms with Crippen LogP contribution in [0.25, 0.3) is 0 Å². The molecule has 0 bridgehead atoms. The van der Waals surface area contributed by atoms with Gasteiger partial charge in [-0.3, -0.25) is 9.59 Å². The third-order valence-electron chi connectivity index (χ3n) is 3.13. The van der Waals surface area contributed by atoms with E-state index >= 15 is 0 Å². The second-order valence-corrected chi connectivity index (χ2v) is 5.58. The number of nitrogens with two attached hydrogens (primary N) is 1. The van der Waals surface area contributed by atoms with E-state index in [1.165, 1.54) is 7.11 Å². The number of aryl methyl sites for hydroxylation is 1. The molecule has 0 aliphatic carbocycles. The Kier molecular flexibility index (Phi) is 4.82. The molecule has 0 spiro atoms. The van der Waals surface area contributed by atoms with E-state index in [1.807, 2.05) is 13.0 Å². The predicted molar refractivity (Wildman–Crippen MR) is 88.3 cm³/mol. The van der Waals surface area contributed by atoms with Crippen LogP contribution in [0.3, 0.4) is 0 Å². The summed E-state index contributed by atoms with van der Waals surface area (Å²) in [6.07, 6.45) is 0. The lowest BCUT2D eigenvalue weighted by molar-refractivity contribution is 0.100. The van der Waals surface area contributed by atoms with Crippen molar-refractivity contribution in [3.8, 4) is 5.75 Å². The molecule has 0 radical (unpaired) electrons. The molecule has 0 aliphatic heterocycles. The Morgan fingerprint density at radius 2 is 1.86 bits per heavy atom. The van der Waals surface area contributed by atoms with Crippen LogP contribution in [0.1, 0.15) is 26.3 Å². The molecule has 2 rings (SSSR count). The number of hydrogen-bond acceptors (Lipinski definition) is 3. The zero-order valence-electron chi connectivity index (χ0n) is 12.1. The van der Waals surface area contributed by atoms with E-state index in [-0.39, 0.29) is 11.5 Å². The Bertz CT molecular complexity index is 744. The van der Waals surface area contributed by atoms with Crippen LogP contribution in [0.5, 0.6) is 5.75 Å². The first-order valence-electron chi connectivity index (χ1n) is 6.48. The predicted octanol–water partition coefficient (Wildman–Crippen LogP) is 3.12. The number of primary amides is 1. The highest BCUT2D eigenvalue weighted by Gasteiger charge is 2.17. The first-order chi connectivity index (χ1) is 10.4. The molecule has 0 saturated carbocycles. The van der Waals surface area contributed by atoms with Gasteiger partial charge in [-0.05, 0) is 36.8 Å². The molecule has 22 heavy (non-hydrogen) atoms. The van der Waals surface area contributed by atoms with E-state index in [1.54, 1.807) is 30.3 Å². The Labute approximate surface area is 136 Å². The van der Waals surface area contributed by atoms with Crippen molar-refractivity contribution >= 4 is 33.4 Å². The standard InChI is InChI=1S/C16H15BrN2O3/c1-9-7-10(17)8-12(14(9)22-2)16(21)19-13-6-4-3-5-11(13)15(18)20/h3-8H,1-2H3,(H2,18,20)(H,19,21). The molecule has 114 valence electrons. The van der Waals surface area contributed by atoms with Gasteiger partial charge in [0.15, 0.2) is 0 Å². The van der Waals surface area contributed by atoms with Crippen LogP contribution in [0, 0.1) is 6.92 Å². The number of rotatable bonds is 4. The summed E-state index contributed by atoms with van der Waals surface area (Å²) in [7, 11) is 1.50. The minimum Gasteiger partial charge on any atom is -0.496 e. The summed E-state index contributed by atoms with van der Waals surface area (Å²) in [4.78, 5) is 23.9. The average molecular weight is 363 g/mol. The second kappa shape index (κ2) is 6.62. The number of anilines is 1. The summed E-state index contributed by atoms with van der Waals surface area (Å²) >= 11 is 3.36. The summed E-state index contributed by atoms with van der Waals surface area (Å²) in [5.74, 6) is -0.500. The number of carbonyl (C=O) groups is 2. The molecule has 0 unspecified atom stereocenters. The number of ether oxygens (including phenoxy) is 1. The highest BCUT2D eigenvalue weighted by molar-refractivity contribution is 9.10. The fourth-order valence-corrected chi connectivity index (χ4v) is 2.74. The number of para-hydroxylation sites is 1. The summed E-state index contributed by atoms with van der Waals surface area (Å²) in [5, 5.41) is 2.70. The average Bonchev–Trinajstić information content (AvgIpc) is 2.46. The maximum absolute atomic E-state index is 12.5. The van der Waals surface area contributed by atoms with Crippen molar-refractivity contribution in [2.45, 2.75) is 6.92 Å². The largest absolute Gasteiger partial charge is 0.496 e. The van der Waals surface area contributed by atoms with Gasteiger partial charge in [-0.1, -0.05) is 28.1 Å². The molecule has 0 fully saturated rings. The highest BCUT2D eigenvalue weighted by Crippen LogP contribution is 2.28. The van der Waals surface area contributed by atoms with Crippen molar-refractivity contribution < 1.29 is 14.3 Å². The fourth-order valence-electron chi connectivity index (χ4n) is 2.17. The molecule has 0 atom stereocenters. The van der Waals surface area contributed by atoms with E-state index in [0.29, 0.717) is 17.0 Å². The number of carbonyl (C=O) groups excluding carboxylic acids is 2. The number of hydrogen-bond donors (Lipinski definition) is 2. The molecule has 0 saturated heterocycles. The number of nitrogens with one attached hydrogen (secondary N) is 1. The van der Waals surface area contributed by atoms with Gasteiger partial charge in [0.2, 0.25) is 0 Å². The van der Waals surface area contributed by atoms with E-state index in [2.05, 4.69) is 21.2 Å². The SMILES string of the molecule is COc1c(C)cc(Br)cc1C(=O)Nc1ccccc1C(N)=O. The molecule has 0 aliphatic rings. The summed E-state index contributed by atoms with van der Waals surface area (Å²) in [5.41, 5.74) is 7.12. The minimum atomic E-state index is -0.603. The third kappa shape index (κ3) is 3.28. The van der Waals surface area contributed by atoms with Gasteiger partial charge in [-0.2, -0.15) is 0 Å². The van der Waals surface area contributed by atoms with Crippen LogP contribution in [0.2, 0.25) is 0 Å². The number of halogens is 1. The molecule has 2 aromatic carbocycles. The van der Waals surface area contributed by atoms with Gasteiger partial charge in [0.05, 0.1) is 23.9 Å². The van der Waals surface area contributed by atoms with Crippen LogP contribution >= 0.6 is 15.9 Å². The third-order valence-corrected chi connectivity index (χ3v) is 3.59. The monoisotopic (exact) mass is 362 g/mol. The Morgan fingerprint density at radius 3 is 2.50 bits per heavy atom. The first-order valence-corrected chi connectivity index (χ1v) is 7.27. The molecule has 3 N–H and O–H groups in total. The maximum atomic E-state index is 12.5. The molecule has 0 aromatic heterocycles. The lowest BCUT2D eigenvalue weighted by Gasteiger charge is -2.13. The van der Waals surface area contributed by atoms with Crippen LogP contribution < -0.4 is 15.8 Å². The van der Waals surface area contributed by atoms with Crippen LogP contribution in [0.4, 0.5) is 5.69 Å². The van der Waals surface area contributed by atoms with Gasteiger partial charge >= 0.3 is 0 Å². The number of benzene rings is 2.